The molecule has 20 heavy (non-hydrogen) atoms. The Bertz CT molecular complexity index is 424. The molecule has 0 spiro atoms. The zero-order valence-corrected chi connectivity index (χ0v) is 12.8. The first kappa shape index (κ1) is 16.5. The van der Waals surface area contributed by atoms with Crippen LogP contribution in [-0.2, 0) is 11.2 Å². The van der Waals surface area contributed by atoms with E-state index in [1.807, 2.05) is 19.1 Å². The Labute approximate surface area is 122 Å². The number of aliphatic carboxylic acids is 1. The summed E-state index contributed by atoms with van der Waals surface area (Å²) in [6.07, 6.45) is 6.17. The van der Waals surface area contributed by atoms with Crippen LogP contribution in [0.5, 0.6) is 5.75 Å². The molecule has 1 aromatic carbocycles. The number of unbranched alkanes of at least 4 members (excludes halogenated alkanes) is 2. The zero-order valence-electron chi connectivity index (χ0n) is 12.8. The molecule has 0 unspecified atom stereocenters. The van der Waals surface area contributed by atoms with E-state index >= 15 is 0 Å². The average molecular weight is 278 g/mol. The van der Waals surface area contributed by atoms with E-state index in [0.29, 0.717) is 5.75 Å². The number of carbonyl (C=O) groups is 1. The largest absolute Gasteiger partial charge is 0.482 e. The quantitative estimate of drug-likeness (QED) is 0.688. The number of carboxylic acid groups (broad SMARTS) is 1. The van der Waals surface area contributed by atoms with E-state index in [2.05, 4.69) is 19.9 Å². The second-order valence-corrected chi connectivity index (χ2v) is 5.78. The van der Waals surface area contributed by atoms with Crippen molar-refractivity contribution in [1.82, 2.24) is 0 Å². The third kappa shape index (κ3) is 6.60. The van der Waals surface area contributed by atoms with Gasteiger partial charge in [-0.25, -0.2) is 4.79 Å². The molecule has 112 valence electrons. The Kier molecular flexibility index (Phi) is 7.13. The van der Waals surface area contributed by atoms with Gasteiger partial charge in [-0.1, -0.05) is 45.2 Å². The number of hydrogen-bond donors (Lipinski definition) is 1. The van der Waals surface area contributed by atoms with Gasteiger partial charge in [0, 0.05) is 0 Å². The van der Waals surface area contributed by atoms with Gasteiger partial charge < -0.3 is 9.84 Å². The molecule has 3 nitrogen and oxygen atoms in total. The summed E-state index contributed by atoms with van der Waals surface area (Å²) in [6, 6.07) is 6.01. The fourth-order valence-electron chi connectivity index (χ4n) is 2.23. The number of benzene rings is 1. The Hall–Kier alpha value is -1.51. The van der Waals surface area contributed by atoms with E-state index in [1.54, 1.807) is 0 Å². The SMILES string of the molecule is Cc1cc(CCCCCC(C)C)ccc1OCC(=O)O. The predicted octanol–water partition coefficient (Wildman–Crippen LogP) is 4.22. The van der Waals surface area contributed by atoms with Crippen LogP contribution in [0.3, 0.4) is 0 Å². The summed E-state index contributed by atoms with van der Waals surface area (Å²) in [6.45, 7) is 6.20. The summed E-state index contributed by atoms with van der Waals surface area (Å²) >= 11 is 0. The van der Waals surface area contributed by atoms with Gasteiger partial charge in [0.25, 0.3) is 0 Å². The first-order valence-corrected chi connectivity index (χ1v) is 7.43. The lowest BCUT2D eigenvalue weighted by molar-refractivity contribution is -0.139. The standard InChI is InChI=1S/C17H26O3/c1-13(2)7-5-4-6-8-15-9-10-16(14(3)11-15)20-12-17(18)19/h9-11,13H,4-8,12H2,1-3H3,(H,18,19). The van der Waals surface area contributed by atoms with Crippen LogP contribution in [0.25, 0.3) is 0 Å². The number of carboxylic acids is 1. The van der Waals surface area contributed by atoms with E-state index in [4.69, 9.17) is 9.84 Å². The second-order valence-electron chi connectivity index (χ2n) is 5.78. The second kappa shape index (κ2) is 8.62. The fraction of sp³-hybridized carbons (Fsp3) is 0.588. The van der Waals surface area contributed by atoms with Gasteiger partial charge in [0.2, 0.25) is 0 Å². The minimum Gasteiger partial charge on any atom is -0.482 e. The fourth-order valence-corrected chi connectivity index (χ4v) is 2.23. The van der Waals surface area contributed by atoms with Gasteiger partial charge in [-0.15, -0.1) is 0 Å². The summed E-state index contributed by atoms with van der Waals surface area (Å²) in [5, 5.41) is 8.60. The first-order valence-electron chi connectivity index (χ1n) is 7.43. The molecule has 1 N–H and O–H groups in total. The van der Waals surface area contributed by atoms with Crippen LogP contribution < -0.4 is 4.74 Å². The molecule has 0 saturated heterocycles. The summed E-state index contributed by atoms with van der Waals surface area (Å²) in [7, 11) is 0. The van der Waals surface area contributed by atoms with Crippen LogP contribution in [0.2, 0.25) is 0 Å². The maximum absolute atomic E-state index is 10.5. The van der Waals surface area contributed by atoms with Crippen LogP contribution >= 0.6 is 0 Å². The number of ether oxygens (including phenoxy) is 1. The van der Waals surface area contributed by atoms with Crippen molar-refractivity contribution in [3.8, 4) is 5.75 Å². The molecule has 0 heterocycles. The first-order chi connectivity index (χ1) is 9.49. The lowest BCUT2D eigenvalue weighted by Gasteiger charge is -2.09. The molecular formula is C17H26O3. The Morgan fingerprint density at radius 2 is 2.00 bits per heavy atom. The Balaban J connectivity index is 2.37. The molecule has 0 radical (unpaired) electrons. The topological polar surface area (TPSA) is 46.5 Å². The molecule has 0 aliphatic heterocycles. The molecule has 0 aromatic heterocycles. The van der Waals surface area contributed by atoms with Gasteiger partial charge in [-0.3, -0.25) is 0 Å². The highest BCUT2D eigenvalue weighted by molar-refractivity contribution is 5.68. The Morgan fingerprint density at radius 3 is 2.60 bits per heavy atom. The van der Waals surface area contributed by atoms with Crippen LogP contribution in [0, 0.1) is 12.8 Å². The van der Waals surface area contributed by atoms with E-state index < -0.39 is 5.97 Å². The van der Waals surface area contributed by atoms with Gasteiger partial charge in [0.05, 0.1) is 0 Å². The van der Waals surface area contributed by atoms with Crippen LogP contribution in [-0.4, -0.2) is 17.7 Å². The van der Waals surface area contributed by atoms with Gasteiger partial charge in [0.1, 0.15) is 5.75 Å². The minimum atomic E-state index is -0.946. The minimum absolute atomic E-state index is 0.282. The van der Waals surface area contributed by atoms with Crippen LogP contribution in [0.1, 0.15) is 50.7 Å². The van der Waals surface area contributed by atoms with Crippen molar-refractivity contribution < 1.29 is 14.6 Å². The Morgan fingerprint density at radius 1 is 1.25 bits per heavy atom. The van der Waals surface area contributed by atoms with E-state index in [0.717, 1.165) is 17.9 Å². The smallest absolute Gasteiger partial charge is 0.341 e. The molecule has 0 atom stereocenters. The molecular weight excluding hydrogens is 252 g/mol. The number of rotatable bonds is 9. The third-order valence-corrected chi connectivity index (χ3v) is 3.34. The third-order valence-electron chi connectivity index (χ3n) is 3.34. The molecule has 0 bridgehead atoms. The van der Waals surface area contributed by atoms with E-state index in [9.17, 15) is 4.79 Å². The molecule has 3 heteroatoms. The van der Waals surface area contributed by atoms with Crippen molar-refractivity contribution in [2.75, 3.05) is 6.61 Å². The van der Waals surface area contributed by atoms with Crippen LogP contribution in [0.15, 0.2) is 18.2 Å². The summed E-state index contributed by atoms with van der Waals surface area (Å²) in [5.74, 6) is 0.512. The summed E-state index contributed by atoms with van der Waals surface area (Å²) in [4.78, 5) is 10.5. The monoisotopic (exact) mass is 278 g/mol. The van der Waals surface area contributed by atoms with E-state index in [-0.39, 0.29) is 6.61 Å². The lowest BCUT2D eigenvalue weighted by Crippen LogP contribution is -2.10. The lowest BCUT2D eigenvalue weighted by atomic mass is 10.0. The molecule has 0 aliphatic carbocycles. The normalized spacial score (nSPS) is 10.8. The average Bonchev–Trinajstić information content (AvgIpc) is 2.36. The van der Waals surface area contributed by atoms with Crippen molar-refractivity contribution in [3.05, 3.63) is 29.3 Å². The highest BCUT2D eigenvalue weighted by atomic mass is 16.5. The molecule has 1 rings (SSSR count). The van der Waals surface area contributed by atoms with Crippen molar-refractivity contribution >= 4 is 5.97 Å². The van der Waals surface area contributed by atoms with E-state index in [1.165, 1.54) is 31.2 Å². The maximum Gasteiger partial charge on any atom is 0.341 e. The predicted molar refractivity (Wildman–Crippen MR) is 81.3 cm³/mol. The maximum atomic E-state index is 10.5. The molecule has 0 saturated carbocycles. The van der Waals surface area contributed by atoms with Crippen molar-refractivity contribution in [2.24, 2.45) is 5.92 Å². The van der Waals surface area contributed by atoms with Gasteiger partial charge >= 0.3 is 5.97 Å². The molecule has 1 aromatic rings. The highest BCUT2D eigenvalue weighted by Gasteiger charge is 2.04. The molecule has 0 fully saturated rings. The summed E-state index contributed by atoms with van der Waals surface area (Å²) in [5.41, 5.74) is 2.31. The number of hydrogen-bond acceptors (Lipinski definition) is 2. The molecule has 0 amide bonds. The van der Waals surface area contributed by atoms with Gasteiger partial charge in [0.15, 0.2) is 6.61 Å². The number of aryl methyl sites for hydroxylation is 2. The van der Waals surface area contributed by atoms with Gasteiger partial charge in [-0.2, -0.15) is 0 Å². The summed E-state index contributed by atoms with van der Waals surface area (Å²) < 4.78 is 5.22. The zero-order chi connectivity index (χ0) is 15.0. The van der Waals surface area contributed by atoms with Gasteiger partial charge in [-0.05, 0) is 42.9 Å². The molecule has 0 aliphatic rings. The van der Waals surface area contributed by atoms with Crippen molar-refractivity contribution in [2.45, 2.75) is 52.9 Å². The van der Waals surface area contributed by atoms with Crippen molar-refractivity contribution in [3.63, 3.8) is 0 Å². The van der Waals surface area contributed by atoms with Crippen LogP contribution in [0.4, 0.5) is 0 Å². The highest BCUT2D eigenvalue weighted by Crippen LogP contribution is 2.20. The van der Waals surface area contributed by atoms with Crippen molar-refractivity contribution in [1.29, 1.82) is 0 Å².